The molecule has 212 valence electrons. The van der Waals surface area contributed by atoms with E-state index in [4.69, 9.17) is 14.2 Å². The maximum atomic E-state index is 12.4. The van der Waals surface area contributed by atoms with Gasteiger partial charge in [0.2, 0.25) is 0 Å². The lowest BCUT2D eigenvalue weighted by molar-refractivity contribution is -0.341. The Kier molecular flexibility index (Phi) is 14.2. The highest BCUT2D eigenvalue weighted by Gasteiger charge is 2.50. The maximum Gasteiger partial charge on any atom is 0.187 e. The fraction of sp³-hybridized carbons (Fsp3) is 0.960. The van der Waals surface area contributed by atoms with E-state index in [0.717, 1.165) is 25.7 Å². The van der Waals surface area contributed by atoms with Gasteiger partial charge in [0.15, 0.2) is 6.29 Å². The molecule has 0 aromatic heterocycles. The van der Waals surface area contributed by atoms with Crippen molar-refractivity contribution >= 4 is 5.78 Å². The summed E-state index contributed by atoms with van der Waals surface area (Å²) in [6.45, 7) is 0.911. The van der Waals surface area contributed by atoms with Gasteiger partial charge in [-0.25, -0.2) is 0 Å². The molecule has 11 heteroatoms. The Morgan fingerprint density at radius 1 is 0.667 bits per heavy atom. The summed E-state index contributed by atoms with van der Waals surface area (Å²) in [5, 5.41) is 70.4. The zero-order valence-electron chi connectivity index (χ0n) is 21.2. The van der Waals surface area contributed by atoms with Gasteiger partial charge in [0.25, 0.3) is 0 Å². The van der Waals surface area contributed by atoms with Crippen molar-refractivity contribution in [1.82, 2.24) is 0 Å². The van der Waals surface area contributed by atoms with E-state index in [2.05, 4.69) is 6.92 Å². The molecule has 2 aliphatic rings. The quantitative estimate of drug-likeness (QED) is 0.130. The first-order valence-corrected chi connectivity index (χ1v) is 13.3. The minimum Gasteiger partial charge on any atom is -0.394 e. The van der Waals surface area contributed by atoms with Gasteiger partial charge in [-0.2, -0.15) is 0 Å². The molecule has 0 aromatic carbocycles. The molecule has 10 atom stereocenters. The highest BCUT2D eigenvalue weighted by atomic mass is 16.7. The smallest absolute Gasteiger partial charge is 0.187 e. The summed E-state index contributed by atoms with van der Waals surface area (Å²) in [4.78, 5) is 12.4. The molecule has 0 unspecified atom stereocenters. The topological polar surface area (TPSA) is 186 Å². The normalized spacial score (nSPS) is 37.2. The van der Waals surface area contributed by atoms with Crippen molar-refractivity contribution in [2.75, 3.05) is 13.2 Å². The first-order valence-electron chi connectivity index (χ1n) is 13.3. The highest BCUT2D eigenvalue weighted by Crippen LogP contribution is 2.30. The zero-order valence-corrected chi connectivity index (χ0v) is 21.2. The fourth-order valence-electron chi connectivity index (χ4n) is 4.79. The second-order valence-electron chi connectivity index (χ2n) is 10.00. The Morgan fingerprint density at radius 3 is 1.81 bits per heavy atom. The average Bonchev–Trinajstić information content (AvgIpc) is 2.87. The van der Waals surface area contributed by atoms with Gasteiger partial charge in [-0.15, -0.1) is 0 Å². The second kappa shape index (κ2) is 16.3. The first-order chi connectivity index (χ1) is 17.2. The molecular weight excluding hydrogens is 476 g/mol. The van der Waals surface area contributed by atoms with Crippen LogP contribution in [0.4, 0.5) is 0 Å². The summed E-state index contributed by atoms with van der Waals surface area (Å²) in [5.74, 6) is -0.112. The molecule has 2 fully saturated rings. The van der Waals surface area contributed by atoms with Crippen LogP contribution in [0.3, 0.4) is 0 Å². The molecule has 0 aromatic rings. The Hall–Kier alpha value is -0.730. The number of ketones is 1. The molecule has 0 aliphatic carbocycles. The molecule has 2 saturated heterocycles. The monoisotopic (exact) mass is 522 g/mol. The molecule has 7 N–H and O–H groups in total. The van der Waals surface area contributed by atoms with E-state index in [9.17, 15) is 40.5 Å². The summed E-state index contributed by atoms with van der Waals surface area (Å²) >= 11 is 0. The molecule has 2 aliphatic heterocycles. The van der Waals surface area contributed by atoms with Crippen molar-refractivity contribution in [3.63, 3.8) is 0 Å². The lowest BCUT2D eigenvalue weighted by atomic mass is 9.91. The molecular formula is C25H46O11. The van der Waals surface area contributed by atoms with Crippen LogP contribution in [0.1, 0.15) is 77.6 Å². The van der Waals surface area contributed by atoms with Crippen LogP contribution in [0.5, 0.6) is 0 Å². The largest absolute Gasteiger partial charge is 0.394 e. The minimum absolute atomic E-state index is 0.112. The van der Waals surface area contributed by atoms with E-state index < -0.39 is 74.4 Å². The fourth-order valence-corrected chi connectivity index (χ4v) is 4.79. The average molecular weight is 523 g/mol. The molecule has 36 heavy (non-hydrogen) atoms. The third kappa shape index (κ3) is 8.93. The Balaban J connectivity index is 1.81. The lowest BCUT2D eigenvalue weighted by Crippen LogP contribution is -2.64. The van der Waals surface area contributed by atoms with Gasteiger partial charge in [0.05, 0.1) is 19.3 Å². The molecule has 2 heterocycles. The number of Topliss-reactive ketones (excluding diaryl/α,β-unsaturated/α-hetero) is 1. The molecule has 11 nitrogen and oxygen atoms in total. The van der Waals surface area contributed by atoms with Crippen LogP contribution in [0.15, 0.2) is 0 Å². The van der Waals surface area contributed by atoms with E-state index >= 15 is 0 Å². The van der Waals surface area contributed by atoms with Crippen molar-refractivity contribution in [3.05, 3.63) is 0 Å². The number of carbonyl (C=O) groups is 1. The predicted molar refractivity (Wildman–Crippen MR) is 128 cm³/mol. The van der Waals surface area contributed by atoms with Gasteiger partial charge in [-0.05, 0) is 6.42 Å². The van der Waals surface area contributed by atoms with Gasteiger partial charge in [0, 0.05) is 12.8 Å². The molecule has 0 bridgehead atoms. The summed E-state index contributed by atoms with van der Waals surface area (Å²) < 4.78 is 16.5. The van der Waals surface area contributed by atoms with Crippen LogP contribution in [-0.4, -0.2) is 116 Å². The maximum absolute atomic E-state index is 12.4. The van der Waals surface area contributed by atoms with Crippen LogP contribution in [0, 0.1) is 0 Å². The van der Waals surface area contributed by atoms with E-state index in [1.54, 1.807) is 0 Å². The van der Waals surface area contributed by atoms with Crippen molar-refractivity contribution < 1.29 is 54.8 Å². The van der Waals surface area contributed by atoms with Gasteiger partial charge < -0.3 is 50.0 Å². The van der Waals surface area contributed by atoms with Crippen LogP contribution >= 0.6 is 0 Å². The summed E-state index contributed by atoms with van der Waals surface area (Å²) in [5.41, 5.74) is 0. The van der Waals surface area contributed by atoms with E-state index in [1.165, 1.54) is 32.1 Å². The van der Waals surface area contributed by atoms with E-state index in [0.29, 0.717) is 6.42 Å². The van der Waals surface area contributed by atoms with Gasteiger partial charge in [0.1, 0.15) is 54.6 Å². The molecule has 2 rings (SSSR count). The number of carbonyl (C=O) groups excluding carboxylic acids is 1. The number of unbranched alkanes of at least 4 members (excludes halogenated alkanes) is 8. The summed E-state index contributed by atoms with van der Waals surface area (Å²) in [6.07, 6.45) is -4.08. The molecule has 0 spiro atoms. The van der Waals surface area contributed by atoms with Crippen LogP contribution < -0.4 is 0 Å². The van der Waals surface area contributed by atoms with Crippen molar-refractivity contribution in [3.8, 4) is 0 Å². The predicted octanol–water partition coefficient (Wildman–Crippen LogP) is -0.467. The minimum atomic E-state index is -1.72. The van der Waals surface area contributed by atoms with E-state index in [-0.39, 0.29) is 12.2 Å². The number of hydrogen-bond acceptors (Lipinski definition) is 11. The number of rotatable bonds is 16. The van der Waals surface area contributed by atoms with Crippen molar-refractivity contribution in [2.24, 2.45) is 0 Å². The standard InChI is InChI=1S/C25H46O11/c1-2-3-4-5-6-7-8-9-10-11-15(28)12-16-19(29)22(32)24(18(14-27)34-16)36-25-23(33)21(31)20(30)17(13-26)35-25/h16-27,29-33H,2-14H2,1H3/t16-,17+,18+,19-,20-,21-,22+,23+,24+,25-/m0/s1. The molecule has 0 saturated carbocycles. The second-order valence-corrected chi connectivity index (χ2v) is 10.00. The lowest BCUT2D eigenvalue weighted by Gasteiger charge is -2.46. The number of aliphatic hydroxyl groups is 7. The Labute approximate surface area is 213 Å². The highest BCUT2D eigenvalue weighted by molar-refractivity contribution is 5.78. The summed E-state index contributed by atoms with van der Waals surface area (Å²) in [7, 11) is 0. The number of ether oxygens (including phenoxy) is 3. The third-order valence-electron chi connectivity index (χ3n) is 7.09. The number of hydrogen-bond donors (Lipinski definition) is 7. The SMILES string of the molecule is CCCCCCCCCCCC(=O)C[C@@H]1O[C@H](CO)[C@@H](O[C@@H]2O[C@H](CO)[C@H](O)[C@H](O)[C@H]2O)[C@H](O)[C@H]1O. The van der Waals surface area contributed by atoms with Crippen molar-refractivity contribution in [1.29, 1.82) is 0 Å². The van der Waals surface area contributed by atoms with Crippen LogP contribution in [0.25, 0.3) is 0 Å². The van der Waals surface area contributed by atoms with Crippen LogP contribution in [-0.2, 0) is 19.0 Å². The first kappa shape index (κ1) is 31.5. The van der Waals surface area contributed by atoms with Crippen molar-refractivity contribution in [2.45, 2.75) is 139 Å². The van der Waals surface area contributed by atoms with Gasteiger partial charge in [-0.1, -0.05) is 58.3 Å². The van der Waals surface area contributed by atoms with E-state index in [1.807, 2.05) is 0 Å². The Bertz CT molecular complexity index is 617. The summed E-state index contributed by atoms with van der Waals surface area (Å²) in [6, 6.07) is 0. The Morgan fingerprint density at radius 2 is 1.22 bits per heavy atom. The molecule has 0 amide bonds. The van der Waals surface area contributed by atoms with Gasteiger partial charge >= 0.3 is 0 Å². The molecule has 0 radical (unpaired) electrons. The van der Waals surface area contributed by atoms with Gasteiger partial charge in [-0.3, -0.25) is 4.79 Å². The number of aliphatic hydroxyl groups excluding tert-OH is 7. The van der Waals surface area contributed by atoms with Crippen LogP contribution in [0.2, 0.25) is 0 Å². The zero-order chi connectivity index (χ0) is 26.7. The third-order valence-corrected chi connectivity index (χ3v) is 7.09.